The van der Waals surface area contributed by atoms with Crippen LogP contribution in [0.2, 0.25) is 0 Å². The molecule has 1 unspecified atom stereocenters. The topological polar surface area (TPSA) is 85.8 Å². The zero-order chi connectivity index (χ0) is 19.2. The van der Waals surface area contributed by atoms with Gasteiger partial charge in [-0.3, -0.25) is 9.69 Å². The molecule has 2 aliphatic heterocycles. The monoisotopic (exact) mass is 374 g/mol. The third-order valence-electron chi connectivity index (χ3n) is 5.52. The summed E-state index contributed by atoms with van der Waals surface area (Å²) in [7, 11) is 0. The lowest BCUT2D eigenvalue weighted by molar-refractivity contribution is -0.152. The summed E-state index contributed by atoms with van der Waals surface area (Å²) in [4.78, 5) is 31.5. The van der Waals surface area contributed by atoms with Gasteiger partial charge in [0.25, 0.3) is 0 Å². The summed E-state index contributed by atoms with van der Waals surface area (Å²) in [5.74, 6) is 0.0374. The number of carbonyl (C=O) groups is 2. The summed E-state index contributed by atoms with van der Waals surface area (Å²) >= 11 is 0. The van der Waals surface area contributed by atoms with Crippen LogP contribution in [0.15, 0.2) is 12.1 Å². The first kappa shape index (κ1) is 19.6. The first-order valence-corrected chi connectivity index (χ1v) is 10.0. The van der Waals surface area contributed by atoms with Gasteiger partial charge in [0.15, 0.2) is 0 Å². The number of aromatic nitrogens is 1. The van der Waals surface area contributed by atoms with Crippen LogP contribution < -0.4 is 5.32 Å². The molecular weight excluding hydrogens is 344 g/mol. The number of unbranched alkanes of at least 4 members (excludes halogenated alkanes) is 2. The fourth-order valence-corrected chi connectivity index (χ4v) is 3.80. The Hall–Kier alpha value is -2.15. The number of amides is 1. The third kappa shape index (κ3) is 5.19. The fourth-order valence-electron chi connectivity index (χ4n) is 3.80. The molecule has 1 amide bonds. The molecule has 2 aliphatic rings. The van der Waals surface area contributed by atoms with Crippen LogP contribution in [0.3, 0.4) is 0 Å². The second kappa shape index (κ2) is 9.17. The molecule has 1 aromatic rings. The Morgan fingerprint density at radius 3 is 2.93 bits per heavy atom. The normalized spacial score (nSPS) is 18.7. The molecule has 0 saturated carbocycles. The molecule has 1 saturated heterocycles. The molecule has 148 valence electrons. The molecule has 3 rings (SSSR count). The van der Waals surface area contributed by atoms with Crippen molar-refractivity contribution in [3.63, 3.8) is 0 Å². The van der Waals surface area contributed by atoms with Gasteiger partial charge in [-0.1, -0.05) is 12.5 Å². The number of anilines is 1. The Morgan fingerprint density at radius 2 is 2.15 bits per heavy atom. The molecule has 7 nitrogen and oxygen atoms in total. The van der Waals surface area contributed by atoms with E-state index >= 15 is 0 Å². The van der Waals surface area contributed by atoms with Gasteiger partial charge in [-0.05, 0) is 57.2 Å². The summed E-state index contributed by atoms with van der Waals surface area (Å²) in [5.41, 5.74) is 2.47. The fraction of sp³-hybridized carbons (Fsp3) is 0.650. The van der Waals surface area contributed by atoms with E-state index in [9.17, 15) is 9.59 Å². The molecular formula is C20H30N4O3. The van der Waals surface area contributed by atoms with Gasteiger partial charge in [-0.2, -0.15) is 0 Å². The molecule has 1 atom stereocenters. The van der Waals surface area contributed by atoms with Gasteiger partial charge in [0.05, 0.1) is 6.54 Å². The molecule has 0 bridgehead atoms. The zero-order valence-corrected chi connectivity index (χ0v) is 16.1. The van der Waals surface area contributed by atoms with Crippen LogP contribution in [-0.2, 0) is 22.4 Å². The number of pyridine rings is 1. The van der Waals surface area contributed by atoms with Crippen molar-refractivity contribution in [2.24, 2.45) is 0 Å². The van der Waals surface area contributed by atoms with E-state index < -0.39 is 12.0 Å². The van der Waals surface area contributed by atoms with Gasteiger partial charge in [-0.15, -0.1) is 0 Å². The summed E-state index contributed by atoms with van der Waals surface area (Å²) < 4.78 is 0. The number of rotatable bonds is 8. The van der Waals surface area contributed by atoms with Gasteiger partial charge >= 0.3 is 5.97 Å². The Labute approximate surface area is 160 Å². The molecule has 0 spiro atoms. The molecule has 1 aromatic heterocycles. The lowest BCUT2D eigenvalue weighted by Gasteiger charge is -2.36. The highest BCUT2D eigenvalue weighted by Gasteiger charge is 2.30. The minimum atomic E-state index is -0.942. The zero-order valence-electron chi connectivity index (χ0n) is 16.1. The number of nitrogens with one attached hydrogen (secondary N) is 1. The van der Waals surface area contributed by atoms with E-state index in [0.717, 1.165) is 63.3 Å². The first-order chi connectivity index (χ1) is 13.0. The maximum absolute atomic E-state index is 12.1. The van der Waals surface area contributed by atoms with Crippen LogP contribution in [0, 0.1) is 0 Å². The van der Waals surface area contributed by atoms with Crippen molar-refractivity contribution in [1.29, 1.82) is 0 Å². The number of nitrogens with zero attached hydrogens (tertiary/aromatic N) is 3. The Kier molecular flexibility index (Phi) is 6.66. The maximum atomic E-state index is 12.1. The van der Waals surface area contributed by atoms with Crippen LogP contribution in [0.25, 0.3) is 0 Å². The Morgan fingerprint density at radius 1 is 1.30 bits per heavy atom. The van der Waals surface area contributed by atoms with Crippen LogP contribution in [0.1, 0.15) is 43.9 Å². The number of aryl methyl sites for hydroxylation is 2. The van der Waals surface area contributed by atoms with E-state index in [2.05, 4.69) is 22.3 Å². The van der Waals surface area contributed by atoms with E-state index in [-0.39, 0.29) is 5.91 Å². The summed E-state index contributed by atoms with van der Waals surface area (Å²) in [6.07, 6.45) is 6.53. The van der Waals surface area contributed by atoms with Crippen LogP contribution >= 0.6 is 0 Å². The minimum Gasteiger partial charge on any atom is -0.480 e. The van der Waals surface area contributed by atoms with Gasteiger partial charge in [-0.25, -0.2) is 9.78 Å². The average molecular weight is 374 g/mol. The largest absolute Gasteiger partial charge is 0.480 e. The molecule has 0 aromatic carbocycles. The SMILES string of the molecule is CC(C(=O)O)N1CCN(CCCCCc2ccc3c(n2)NCCC3)CC1=O. The molecule has 1 fully saturated rings. The highest BCUT2D eigenvalue weighted by molar-refractivity contribution is 5.85. The van der Waals surface area contributed by atoms with E-state index in [4.69, 9.17) is 10.1 Å². The number of carboxylic acid groups (broad SMARTS) is 1. The van der Waals surface area contributed by atoms with E-state index in [1.54, 1.807) is 6.92 Å². The van der Waals surface area contributed by atoms with Crippen molar-refractivity contribution in [2.45, 2.75) is 51.5 Å². The van der Waals surface area contributed by atoms with Crippen molar-refractivity contribution >= 4 is 17.7 Å². The minimum absolute atomic E-state index is 0.0816. The molecule has 0 radical (unpaired) electrons. The predicted molar refractivity (Wildman–Crippen MR) is 104 cm³/mol. The van der Waals surface area contributed by atoms with Gasteiger partial charge < -0.3 is 15.3 Å². The van der Waals surface area contributed by atoms with Crippen molar-refractivity contribution in [2.75, 3.05) is 38.0 Å². The van der Waals surface area contributed by atoms with E-state index in [0.29, 0.717) is 13.1 Å². The smallest absolute Gasteiger partial charge is 0.326 e. The maximum Gasteiger partial charge on any atom is 0.326 e. The highest BCUT2D eigenvalue weighted by atomic mass is 16.4. The first-order valence-electron chi connectivity index (χ1n) is 10.0. The third-order valence-corrected chi connectivity index (χ3v) is 5.52. The number of piperazine rings is 1. The second-order valence-corrected chi connectivity index (χ2v) is 7.53. The number of hydrogen-bond acceptors (Lipinski definition) is 5. The number of aliphatic carboxylic acids is 1. The predicted octanol–water partition coefficient (Wildman–Crippen LogP) is 1.77. The van der Waals surface area contributed by atoms with Gasteiger partial charge in [0.1, 0.15) is 11.9 Å². The highest BCUT2D eigenvalue weighted by Crippen LogP contribution is 2.20. The number of fused-ring (bicyclic) bond motifs is 1. The molecule has 3 heterocycles. The quantitative estimate of drug-likeness (QED) is 0.675. The van der Waals surface area contributed by atoms with Crippen molar-refractivity contribution in [1.82, 2.24) is 14.8 Å². The number of carbonyl (C=O) groups excluding carboxylic acids is 1. The van der Waals surface area contributed by atoms with Crippen LogP contribution in [0.5, 0.6) is 0 Å². The van der Waals surface area contributed by atoms with Gasteiger partial charge in [0, 0.05) is 25.3 Å². The molecule has 7 heteroatoms. The van der Waals surface area contributed by atoms with Crippen LogP contribution in [-0.4, -0.2) is 70.5 Å². The summed E-state index contributed by atoms with van der Waals surface area (Å²) in [5, 5.41) is 12.4. The lowest BCUT2D eigenvalue weighted by atomic mass is 10.1. The molecule has 27 heavy (non-hydrogen) atoms. The average Bonchev–Trinajstić information content (AvgIpc) is 2.67. The van der Waals surface area contributed by atoms with Gasteiger partial charge in [0.2, 0.25) is 5.91 Å². The summed E-state index contributed by atoms with van der Waals surface area (Å²) in [6.45, 7) is 5.05. The Balaban J connectivity index is 1.34. The van der Waals surface area contributed by atoms with Crippen molar-refractivity contribution < 1.29 is 14.7 Å². The van der Waals surface area contributed by atoms with E-state index in [1.165, 1.54) is 16.9 Å². The lowest BCUT2D eigenvalue weighted by Crippen LogP contribution is -2.55. The number of hydrogen-bond donors (Lipinski definition) is 2. The van der Waals surface area contributed by atoms with E-state index in [1.807, 2.05) is 0 Å². The van der Waals surface area contributed by atoms with Crippen molar-refractivity contribution in [3.8, 4) is 0 Å². The number of carboxylic acids is 1. The Bertz CT molecular complexity index is 679. The molecule has 0 aliphatic carbocycles. The summed E-state index contributed by atoms with van der Waals surface area (Å²) in [6, 6.07) is 3.61. The van der Waals surface area contributed by atoms with Crippen LogP contribution in [0.4, 0.5) is 5.82 Å². The van der Waals surface area contributed by atoms with Crippen molar-refractivity contribution in [3.05, 3.63) is 23.4 Å². The standard InChI is InChI=1S/C20H30N4O3/c1-15(20(26)27)24-13-12-23(14-18(24)25)11-4-2-3-7-17-9-8-16-6-5-10-21-19(16)22-17/h8-9,15H,2-7,10-14H2,1H3,(H,21,22)(H,26,27). The molecule has 2 N–H and O–H groups in total. The second-order valence-electron chi connectivity index (χ2n) is 7.53.